The van der Waals surface area contributed by atoms with Crippen LogP contribution in [0.2, 0.25) is 0 Å². The number of benzene rings is 2. The molecule has 0 fully saturated rings. The van der Waals surface area contributed by atoms with E-state index in [1.165, 1.54) is 0 Å². The number of aryl methyl sites for hydroxylation is 1. The SMILES string of the molecule is COCCCNC(=O)c1nn(-c2ccc(C)cc2)c(=O)n(Cc2ccccc2)c1=O. The number of rotatable bonds is 8. The molecule has 30 heavy (non-hydrogen) atoms. The van der Waals surface area contributed by atoms with Crippen molar-refractivity contribution >= 4 is 5.91 Å². The molecule has 0 atom stereocenters. The van der Waals surface area contributed by atoms with Crippen molar-refractivity contribution in [3.05, 3.63) is 92.3 Å². The third-order valence-electron chi connectivity index (χ3n) is 4.55. The summed E-state index contributed by atoms with van der Waals surface area (Å²) in [6, 6.07) is 16.2. The molecule has 0 aliphatic carbocycles. The molecule has 0 spiro atoms. The van der Waals surface area contributed by atoms with E-state index in [1.807, 2.05) is 49.4 Å². The van der Waals surface area contributed by atoms with Gasteiger partial charge in [-0.25, -0.2) is 4.79 Å². The Morgan fingerprint density at radius 2 is 1.77 bits per heavy atom. The van der Waals surface area contributed by atoms with Gasteiger partial charge in [0.1, 0.15) is 0 Å². The number of hydrogen-bond acceptors (Lipinski definition) is 5. The van der Waals surface area contributed by atoms with Gasteiger partial charge in [0, 0.05) is 20.3 Å². The molecule has 1 N–H and O–H groups in total. The van der Waals surface area contributed by atoms with E-state index in [-0.39, 0.29) is 12.2 Å². The third-order valence-corrected chi connectivity index (χ3v) is 4.55. The fourth-order valence-corrected chi connectivity index (χ4v) is 2.92. The lowest BCUT2D eigenvalue weighted by molar-refractivity contribution is 0.0938. The van der Waals surface area contributed by atoms with Crippen molar-refractivity contribution in [2.45, 2.75) is 19.9 Å². The molecule has 8 heteroatoms. The lowest BCUT2D eigenvalue weighted by Crippen LogP contribution is -2.46. The zero-order valence-electron chi connectivity index (χ0n) is 17.0. The van der Waals surface area contributed by atoms with Crippen molar-refractivity contribution in [2.75, 3.05) is 20.3 Å². The number of methoxy groups -OCH3 is 1. The predicted molar refractivity (Wildman–Crippen MR) is 113 cm³/mol. The fraction of sp³-hybridized carbons (Fsp3) is 0.273. The molecule has 0 radical (unpaired) electrons. The molecule has 8 nitrogen and oxygen atoms in total. The van der Waals surface area contributed by atoms with Crippen LogP contribution in [0.1, 0.15) is 28.0 Å². The smallest absolute Gasteiger partial charge is 0.352 e. The molecule has 1 amide bonds. The predicted octanol–water partition coefficient (Wildman–Crippen LogP) is 1.52. The van der Waals surface area contributed by atoms with Gasteiger partial charge in [-0.05, 0) is 31.0 Å². The number of nitrogens with zero attached hydrogens (tertiary/aromatic N) is 3. The van der Waals surface area contributed by atoms with Gasteiger partial charge in [-0.1, -0.05) is 48.0 Å². The molecule has 0 aliphatic rings. The largest absolute Gasteiger partial charge is 0.385 e. The van der Waals surface area contributed by atoms with Gasteiger partial charge in [0.05, 0.1) is 12.2 Å². The van der Waals surface area contributed by atoms with Crippen molar-refractivity contribution in [3.8, 4) is 5.69 Å². The monoisotopic (exact) mass is 408 g/mol. The Balaban J connectivity index is 2.07. The highest BCUT2D eigenvalue weighted by Gasteiger charge is 2.20. The second-order valence-corrected chi connectivity index (χ2v) is 6.86. The van der Waals surface area contributed by atoms with Crippen molar-refractivity contribution in [3.63, 3.8) is 0 Å². The van der Waals surface area contributed by atoms with Crippen LogP contribution in [0.3, 0.4) is 0 Å². The van der Waals surface area contributed by atoms with Crippen molar-refractivity contribution in [1.82, 2.24) is 19.7 Å². The fourth-order valence-electron chi connectivity index (χ4n) is 2.92. The molecule has 1 heterocycles. The van der Waals surface area contributed by atoms with E-state index < -0.39 is 17.2 Å². The highest BCUT2D eigenvalue weighted by atomic mass is 16.5. The van der Waals surface area contributed by atoms with Crippen LogP contribution < -0.4 is 16.6 Å². The number of hydrogen-bond donors (Lipinski definition) is 1. The quantitative estimate of drug-likeness (QED) is 0.570. The van der Waals surface area contributed by atoms with Crippen molar-refractivity contribution in [1.29, 1.82) is 0 Å². The molecule has 2 aromatic carbocycles. The number of carbonyl (C=O) groups excluding carboxylic acids is 1. The maximum Gasteiger partial charge on any atom is 0.352 e. The zero-order chi connectivity index (χ0) is 21.5. The van der Waals surface area contributed by atoms with E-state index in [0.717, 1.165) is 20.4 Å². The van der Waals surface area contributed by atoms with Crippen LogP contribution in [0, 0.1) is 6.92 Å². The summed E-state index contributed by atoms with van der Waals surface area (Å²) in [7, 11) is 1.57. The van der Waals surface area contributed by atoms with E-state index in [2.05, 4.69) is 10.4 Å². The van der Waals surface area contributed by atoms with Gasteiger partial charge < -0.3 is 10.1 Å². The molecule has 1 aromatic heterocycles. The van der Waals surface area contributed by atoms with Gasteiger partial charge in [-0.3, -0.25) is 14.2 Å². The Bertz CT molecular complexity index is 1120. The zero-order valence-corrected chi connectivity index (χ0v) is 17.0. The molecule has 0 saturated carbocycles. The molecule has 156 valence electrons. The van der Waals surface area contributed by atoms with E-state index in [9.17, 15) is 14.4 Å². The maximum absolute atomic E-state index is 13.1. The topological polar surface area (TPSA) is 95.2 Å². The second-order valence-electron chi connectivity index (χ2n) is 6.86. The number of ether oxygens (including phenoxy) is 1. The summed E-state index contributed by atoms with van der Waals surface area (Å²) in [5.74, 6) is -0.626. The van der Waals surface area contributed by atoms with Crippen LogP contribution in [0.15, 0.2) is 64.2 Å². The third kappa shape index (κ3) is 4.90. The van der Waals surface area contributed by atoms with E-state index in [4.69, 9.17) is 4.74 Å². The number of nitrogens with one attached hydrogen (secondary N) is 1. The van der Waals surface area contributed by atoms with Gasteiger partial charge in [0.25, 0.3) is 11.5 Å². The Kier molecular flexibility index (Phi) is 6.92. The lowest BCUT2D eigenvalue weighted by Gasteiger charge is -2.12. The summed E-state index contributed by atoms with van der Waals surface area (Å²) in [5.41, 5.74) is 0.592. The van der Waals surface area contributed by atoms with Crippen LogP contribution in [0.25, 0.3) is 5.69 Å². The lowest BCUT2D eigenvalue weighted by atomic mass is 10.2. The Hall–Kier alpha value is -3.52. The number of carbonyl (C=O) groups is 1. The minimum atomic E-state index is -0.726. The van der Waals surface area contributed by atoms with Gasteiger partial charge in [-0.15, -0.1) is 0 Å². The molecule has 0 unspecified atom stereocenters. The van der Waals surface area contributed by atoms with Gasteiger partial charge in [0.2, 0.25) is 5.69 Å². The Morgan fingerprint density at radius 3 is 2.43 bits per heavy atom. The minimum absolute atomic E-state index is 0.0385. The molecule has 0 aliphatic heterocycles. The molecule has 0 bridgehead atoms. The van der Waals surface area contributed by atoms with Gasteiger partial charge >= 0.3 is 5.69 Å². The van der Waals surface area contributed by atoms with Crippen molar-refractivity contribution < 1.29 is 9.53 Å². The van der Waals surface area contributed by atoms with Crippen LogP contribution in [-0.2, 0) is 11.3 Å². The first kappa shape index (κ1) is 21.2. The summed E-state index contributed by atoms with van der Waals surface area (Å²) in [5, 5.41) is 6.76. The van der Waals surface area contributed by atoms with Crippen molar-refractivity contribution in [2.24, 2.45) is 0 Å². The summed E-state index contributed by atoms with van der Waals surface area (Å²) in [4.78, 5) is 38.7. The Morgan fingerprint density at radius 1 is 1.07 bits per heavy atom. The van der Waals surface area contributed by atoms with Gasteiger partial charge in [0.15, 0.2) is 0 Å². The van der Waals surface area contributed by atoms with Gasteiger partial charge in [-0.2, -0.15) is 9.78 Å². The normalized spacial score (nSPS) is 10.7. The summed E-state index contributed by atoms with van der Waals surface area (Å²) < 4.78 is 7.09. The van der Waals surface area contributed by atoms with E-state index in [1.54, 1.807) is 19.2 Å². The number of aromatic nitrogens is 3. The standard InChI is InChI=1S/C22H24N4O4/c1-16-9-11-18(12-10-16)26-22(29)25(15-17-7-4-3-5-8-17)21(28)19(24-26)20(27)23-13-6-14-30-2/h3-5,7-12H,6,13-15H2,1-2H3,(H,23,27). The van der Waals surface area contributed by atoms with Crippen LogP contribution in [0.5, 0.6) is 0 Å². The van der Waals surface area contributed by atoms with Crippen LogP contribution in [-0.4, -0.2) is 40.5 Å². The average molecular weight is 408 g/mol. The maximum atomic E-state index is 13.1. The first-order valence-corrected chi connectivity index (χ1v) is 9.63. The average Bonchev–Trinajstić information content (AvgIpc) is 2.76. The summed E-state index contributed by atoms with van der Waals surface area (Å²) in [6.07, 6.45) is 0.595. The highest BCUT2D eigenvalue weighted by Crippen LogP contribution is 2.06. The Labute approximate surface area is 173 Å². The highest BCUT2D eigenvalue weighted by molar-refractivity contribution is 5.91. The number of amides is 1. The first-order chi connectivity index (χ1) is 14.5. The molecular formula is C22H24N4O4. The van der Waals surface area contributed by atoms with Crippen LogP contribution >= 0.6 is 0 Å². The minimum Gasteiger partial charge on any atom is -0.385 e. The van der Waals surface area contributed by atoms with Crippen LogP contribution in [0.4, 0.5) is 0 Å². The summed E-state index contributed by atoms with van der Waals surface area (Å²) >= 11 is 0. The molecule has 3 rings (SSSR count). The molecule has 3 aromatic rings. The summed E-state index contributed by atoms with van der Waals surface area (Å²) in [6.45, 7) is 2.77. The molecule has 0 saturated heterocycles. The van der Waals surface area contributed by atoms with E-state index in [0.29, 0.717) is 25.3 Å². The first-order valence-electron chi connectivity index (χ1n) is 9.63. The molecular weight excluding hydrogens is 384 g/mol. The van der Waals surface area contributed by atoms with E-state index >= 15 is 0 Å². The second kappa shape index (κ2) is 9.80.